The molecule has 0 spiro atoms. The van der Waals surface area contributed by atoms with Gasteiger partial charge in [-0.25, -0.2) is 4.39 Å². The molecule has 0 atom stereocenters. The van der Waals surface area contributed by atoms with E-state index in [1.807, 2.05) is 22.9 Å². The maximum Gasteiger partial charge on any atom is 0.142 e. The minimum atomic E-state index is -0.398. The first-order valence-electron chi connectivity index (χ1n) is 5.69. The first kappa shape index (κ1) is 12.9. The van der Waals surface area contributed by atoms with E-state index in [-0.39, 0.29) is 5.02 Å². The molecule has 3 aromatic rings. The number of halogens is 3. The Kier molecular flexibility index (Phi) is 3.45. The van der Waals surface area contributed by atoms with Crippen LogP contribution in [0.25, 0.3) is 10.9 Å². The lowest BCUT2D eigenvalue weighted by atomic mass is 10.2. The van der Waals surface area contributed by atoms with Crippen molar-refractivity contribution in [2.24, 2.45) is 0 Å². The largest absolute Gasteiger partial charge is 0.260 e. The molecule has 0 N–H and O–H groups in total. The second-order valence-corrected chi connectivity index (χ2v) is 5.84. The maximum atomic E-state index is 13.4. The molecular weight excluding hydrogens is 378 g/mol. The lowest BCUT2D eigenvalue weighted by Gasteiger charge is -2.07. The fraction of sp³-hybridized carbons (Fsp3) is 0.0714. The Bertz CT molecular complexity index is 754. The fourth-order valence-corrected chi connectivity index (χ4v) is 2.66. The predicted molar refractivity (Wildman–Crippen MR) is 83.0 cm³/mol. The van der Waals surface area contributed by atoms with Crippen molar-refractivity contribution in [1.82, 2.24) is 9.78 Å². The molecule has 0 saturated heterocycles. The van der Waals surface area contributed by atoms with Crippen molar-refractivity contribution in [2.75, 3.05) is 0 Å². The molecular formula is C14H9ClFIN2. The third kappa shape index (κ3) is 2.47. The maximum absolute atomic E-state index is 13.4. The molecule has 96 valence electrons. The first-order chi connectivity index (χ1) is 9.15. The van der Waals surface area contributed by atoms with Crippen LogP contribution in [0.2, 0.25) is 5.02 Å². The summed E-state index contributed by atoms with van der Waals surface area (Å²) in [6, 6.07) is 10.9. The lowest BCUT2D eigenvalue weighted by Crippen LogP contribution is -2.02. The highest BCUT2D eigenvalue weighted by Gasteiger charge is 2.09. The molecule has 1 heterocycles. The van der Waals surface area contributed by atoms with Gasteiger partial charge in [-0.15, -0.1) is 0 Å². The van der Waals surface area contributed by atoms with Gasteiger partial charge in [0.05, 0.1) is 23.3 Å². The summed E-state index contributed by atoms with van der Waals surface area (Å²) in [5.41, 5.74) is 1.75. The number of rotatable bonds is 2. The summed E-state index contributed by atoms with van der Waals surface area (Å²) in [4.78, 5) is 0. The van der Waals surface area contributed by atoms with Gasteiger partial charge in [-0.1, -0.05) is 29.8 Å². The monoisotopic (exact) mass is 386 g/mol. The van der Waals surface area contributed by atoms with Crippen LogP contribution in [-0.4, -0.2) is 9.78 Å². The third-order valence-electron chi connectivity index (χ3n) is 2.96. The van der Waals surface area contributed by atoms with Crippen LogP contribution in [0.1, 0.15) is 5.56 Å². The quantitative estimate of drug-likeness (QED) is 0.594. The van der Waals surface area contributed by atoms with E-state index in [1.165, 1.54) is 6.07 Å². The second-order valence-electron chi connectivity index (χ2n) is 4.22. The van der Waals surface area contributed by atoms with Crippen molar-refractivity contribution >= 4 is 45.1 Å². The predicted octanol–water partition coefficient (Wildman–Crippen LogP) is 4.48. The van der Waals surface area contributed by atoms with Crippen molar-refractivity contribution in [3.63, 3.8) is 0 Å². The molecule has 0 radical (unpaired) electrons. The van der Waals surface area contributed by atoms with E-state index in [0.29, 0.717) is 6.54 Å². The zero-order valence-electron chi connectivity index (χ0n) is 9.78. The van der Waals surface area contributed by atoms with Crippen LogP contribution < -0.4 is 0 Å². The van der Waals surface area contributed by atoms with Gasteiger partial charge in [0.15, 0.2) is 0 Å². The molecule has 0 aliphatic heterocycles. The zero-order valence-corrected chi connectivity index (χ0v) is 12.7. The van der Waals surface area contributed by atoms with Crippen molar-refractivity contribution in [2.45, 2.75) is 6.54 Å². The topological polar surface area (TPSA) is 17.8 Å². The highest BCUT2D eigenvalue weighted by atomic mass is 127. The molecule has 0 fully saturated rings. The Morgan fingerprint density at radius 2 is 2.11 bits per heavy atom. The van der Waals surface area contributed by atoms with E-state index in [0.717, 1.165) is 20.0 Å². The summed E-state index contributed by atoms with van der Waals surface area (Å²) in [5.74, 6) is -0.398. The number of aromatic nitrogens is 2. The van der Waals surface area contributed by atoms with E-state index in [2.05, 4.69) is 33.8 Å². The number of benzene rings is 2. The number of hydrogen-bond donors (Lipinski definition) is 0. The molecule has 0 aliphatic rings. The van der Waals surface area contributed by atoms with E-state index in [9.17, 15) is 4.39 Å². The molecule has 1 aromatic heterocycles. The SMILES string of the molecule is Fc1cccc(Cn2ncc3ccc(I)cc32)c1Cl. The molecule has 2 aromatic carbocycles. The van der Waals surface area contributed by atoms with Gasteiger partial charge in [-0.2, -0.15) is 5.10 Å². The molecule has 0 saturated carbocycles. The Labute approximate surface area is 128 Å². The molecule has 2 nitrogen and oxygen atoms in total. The van der Waals surface area contributed by atoms with Crippen LogP contribution in [0.15, 0.2) is 42.6 Å². The molecule has 19 heavy (non-hydrogen) atoms. The van der Waals surface area contributed by atoms with Crippen LogP contribution in [-0.2, 0) is 6.54 Å². The Morgan fingerprint density at radius 3 is 2.95 bits per heavy atom. The minimum Gasteiger partial charge on any atom is -0.260 e. The number of fused-ring (bicyclic) bond motifs is 1. The normalized spacial score (nSPS) is 11.1. The molecule has 5 heteroatoms. The Hall–Kier alpha value is -1.14. The van der Waals surface area contributed by atoms with Gasteiger partial charge in [0.25, 0.3) is 0 Å². The summed E-state index contributed by atoms with van der Waals surface area (Å²) < 4.78 is 16.4. The van der Waals surface area contributed by atoms with Crippen LogP contribution in [0.3, 0.4) is 0 Å². The van der Waals surface area contributed by atoms with Crippen molar-refractivity contribution in [1.29, 1.82) is 0 Å². The summed E-state index contributed by atoms with van der Waals surface area (Å²) in [7, 11) is 0. The molecule has 0 aliphatic carbocycles. The van der Waals surface area contributed by atoms with Crippen LogP contribution in [0.5, 0.6) is 0 Å². The summed E-state index contributed by atoms with van der Waals surface area (Å²) in [5, 5.41) is 5.56. The van der Waals surface area contributed by atoms with Gasteiger partial charge in [0.1, 0.15) is 5.82 Å². The summed E-state index contributed by atoms with van der Waals surface area (Å²) in [6.07, 6.45) is 1.80. The summed E-state index contributed by atoms with van der Waals surface area (Å²) in [6.45, 7) is 0.459. The van der Waals surface area contributed by atoms with E-state index >= 15 is 0 Å². The average Bonchev–Trinajstić information content (AvgIpc) is 2.78. The van der Waals surface area contributed by atoms with Gasteiger partial charge >= 0.3 is 0 Å². The Morgan fingerprint density at radius 1 is 1.26 bits per heavy atom. The van der Waals surface area contributed by atoms with Gasteiger partial charge in [0.2, 0.25) is 0 Å². The van der Waals surface area contributed by atoms with E-state index < -0.39 is 5.82 Å². The second kappa shape index (κ2) is 5.09. The Balaban J connectivity index is 2.06. The first-order valence-corrected chi connectivity index (χ1v) is 7.15. The van der Waals surface area contributed by atoms with Crippen LogP contribution in [0.4, 0.5) is 4.39 Å². The molecule has 0 bridgehead atoms. The molecule has 3 rings (SSSR count). The summed E-state index contributed by atoms with van der Waals surface area (Å²) >= 11 is 8.23. The standard InChI is InChI=1S/C14H9ClFIN2/c15-14-10(2-1-3-12(14)16)8-19-13-6-11(17)5-4-9(13)7-18-19/h1-7H,8H2. The van der Waals surface area contributed by atoms with E-state index in [4.69, 9.17) is 11.6 Å². The van der Waals surface area contributed by atoms with Crippen LogP contribution in [0, 0.1) is 9.39 Å². The third-order valence-corrected chi connectivity index (χ3v) is 4.05. The van der Waals surface area contributed by atoms with Crippen LogP contribution >= 0.6 is 34.2 Å². The highest BCUT2D eigenvalue weighted by molar-refractivity contribution is 14.1. The van der Waals surface area contributed by atoms with Crippen molar-refractivity contribution < 1.29 is 4.39 Å². The zero-order chi connectivity index (χ0) is 13.4. The van der Waals surface area contributed by atoms with Crippen molar-refractivity contribution in [3.05, 3.63) is 62.6 Å². The number of hydrogen-bond acceptors (Lipinski definition) is 1. The molecule has 0 unspecified atom stereocenters. The number of nitrogens with zero attached hydrogens (tertiary/aromatic N) is 2. The van der Waals surface area contributed by atoms with Crippen molar-refractivity contribution in [3.8, 4) is 0 Å². The fourth-order valence-electron chi connectivity index (χ4n) is 2.00. The minimum absolute atomic E-state index is 0.164. The average molecular weight is 387 g/mol. The highest BCUT2D eigenvalue weighted by Crippen LogP contribution is 2.23. The molecule has 0 amide bonds. The van der Waals surface area contributed by atoms with Gasteiger partial charge in [0, 0.05) is 8.96 Å². The lowest BCUT2D eigenvalue weighted by molar-refractivity contribution is 0.621. The van der Waals surface area contributed by atoms with Gasteiger partial charge < -0.3 is 0 Å². The van der Waals surface area contributed by atoms with Gasteiger partial charge in [-0.3, -0.25) is 4.68 Å². The van der Waals surface area contributed by atoms with Gasteiger partial charge in [-0.05, 0) is 46.4 Å². The smallest absolute Gasteiger partial charge is 0.142 e. The van der Waals surface area contributed by atoms with E-state index in [1.54, 1.807) is 12.3 Å².